The fourth-order valence-corrected chi connectivity index (χ4v) is 0.836. The van der Waals surface area contributed by atoms with Crippen LogP contribution >= 0.6 is 0 Å². The second-order valence-electron chi connectivity index (χ2n) is 4.75. The van der Waals surface area contributed by atoms with Crippen LogP contribution in [0, 0.1) is 0 Å². The van der Waals surface area contributed by atoms with E-state index in [1.54, 1.807) is 0 Å². The van der Waals surface area contributed by atoms with Gasteiger partial charge in [0.2, 0.25) is 0 Å². The van der Waals surface area contributed by atoms with Crippen molar-refractivity contribution < 1.29 is 84.0 Å². The normalized spacial score (nSPS) is 8.31. The van der Waals surface area contributed by atoms with Crippen molar-refractivity contribution in [3.63, 3.8) is 0 Å². The van der Waals surface area contributed by atoms with Gasteiger partial charge in [0.25, 0.3) is 0 Å². The van der Waals surface area contributed by atoms with E-state index in [1.165, 1.54) is 0 Å². The molecule has 0 aliphatic rings. The van der Waals surface area contributed by atoms with Gasteiger partial charge in [0.15, 0.2) is 0 Å². The molecule has 0 amide bonds. The molecule has 0 radical (unpaired) electrons. The Morgan fingerprint density at radius 1 is 0.462 bits per heavy atom. The van der Waals surface area contributed by atoms with Crippen LogP contribution in [0.1, 0.15) is 79.1 Å². The van der Waals surface area contributed by atoms with Gasteiger partial charge in [-0.3, -0.25) is 21.0 Å². The molecule has 0 heterocycles. The summed E-state index contributed by atoms with van der Waals surface area (Å²) in [6.07, 6.45) is 8.04. The number of hydrogen-bond acceptors (Lipinski definition) is 8. The van der Waals surface area contributed by atoms with Crippen molar-refractivity contribution in [3.05, 3.63) is 0 Å². The first-order chi connectivity index (χ1) is 11.7. The molecule has 0 saturated carbocycles. The zero-order valence-corrected chi connectivity index (χ0v) is 20.0. The van der Waals surface area contributed by atoms with Gasteiger partial charge in [-0.1, -0.05) is 53.4 Å². The molecule has 158 valence electrons. The van der Waals surface area contributed by atoms with E-state index >= 15 is 0 Å². The molecule has 0 aliphatic heterocycles. The van der Waals surface area contributed by atoms with Crippen LogP contribution < -0.4 is 0 Å². The fourth-order valence-electron chi connectivity index (χ4n) is 0.836. The van der Waals surface area contributed by atoms with Crippen molar-refractivity contribution in [1.82, 2.24) is 0 Å². The average Bonchev–Trinajstić information content (AvgIpc) is 2.62. The topological polar surface area (TPSA) is 118 Å². The smallest absolute Gasteiger partial charge is 0.252 e. The molecule has 0 spiro atoms. The van der Waals surface area contributed by atoms with Crippen LogP contribution in [0.25, 0.3) is 0 Å². The molecule has 10 heteroatoms. The molecule has 0 fully saturated rings. The Morgan fingerprint density at radius 2 is 0.615 bits per heavy atom. The molecular formula is C16H40O8Ti2+2. The molecule has 0 unspecified atom stereocenters. The summed E-state index contributed by atoms with van der Waals surface area (Å²) in [5.41, 5.74) is 0. The summed E-state index contributed by atoms with van der Waals surface area (Å²) in [5.74, 6) is 0. The van der Waals surface area contributed by atoms with Gasteiger partial charge in [-0.15, -0.1) is 0 Å². The Bertz CT molecular complexity index is 112. The maximum atomic E-state index is 7.70. The molecule has 0 aromatic heterocycles. The Morgan fingerprint density at radius 3 is 0.654 bits per heavy atom. The van der Waals surface area contributed by atoms with Gasteiger partial charge in [-0.25, -0.2) is 19.6 Å². The van der Waals surface area contributed by atoms with Gasteiger partial charge in [-0.2, -0.15) is 0 Å². The van der Waals surface area contributed by atoms with Crippen LogP contribution in [0.4, 0.5) is 0 Å². The van der Waals surface area contributed by atoms with Crippen molar-refractivity contribution in [2.45, 2.75) is 79.1 Å². The van der Waals surface area contributed by atoms with E-state index in [0.29, 0.717) is 26.4 Å². The van der Waals surface area contributed by atoms with Crippen molar-refractivity contribution in [1.29, 1.82) is 0 Å². The standard InChI is InChI=1S/4C4H10O2.2Ti/c4*1-2-3-4-6-5;;/h4*5H,2-4H2,1H3;;/q;;;;;+2. The predicted molar refractivity (Wildman–Crippen MR) is 94.0 cm³/mol. The first-order valence-electron chi connectivity index (χ1n) is 8.71. The summed E-state index contributed by atoms with van der Waals surface area (Å²) < 4.78 is 0. The van der Waals surface area contributed by atoms with Gasteiger partial charge < -0.3 is 0 Å². The molecule has 0 aromatic carbocycles. The summed E-state index contributed by atoms with van der Waals surface area (Å²) in [6.45, 7) is 10.0. The van der Waals surface area contributed by atoms with Crippen LogP contribution in [0.3, 0.4) is 0 Å². The van der Waals surface area contributed by atoms with Crippen molar-refractivity contribution >= 4 is 0 Å². The van der Waals surface area contributed by atoms with Crippen LogP contribution in [-0.4, -0.2) is 47.5 Å². The van der Waals surface area contributed by atoms with Gasteiger partial charge in [-0.05, 0) is 25.7 Å². The minimum absolute atomic E-state index is 0. The number of unbranched alkanes of at least 4 members (excludes halogenated alkanes) is 4. The summed E-state index contributed by atoms with van der Waals surface area (Å²) in [4.78, 5) is 15.1. The predicted octanol–water partition coefficient (Wildman–Crippen LogP) is 5.10. The summed E-state index contributed by atoms with van der Waals surface area (Å²) in [7, 11) is 0. The van der Waals surface area contributed by atoms with E-state index in [9.17, 15) is 0 Å². The maximum absolute atomic E-state index is 7.70. The Kier molecular flexibility index (Phi) is 89.7. The van der Waals surface area contributed by atoms with Crippen LogP contribution in [0.2, 0.25) is 0 Å². The van der Waals surface area contributed by atoms with Gasteiger partial charge in [0.1, 0.15) is 0 Å². The molecule has 0 aromatic rings. The third-order valence-corrected chi connectivity index (χ3v) is 2.36. The van der Waals surface area contributed by atoms with Gasteiger partial charge in [0, 0.05) is 21.7 Å². The van der Waals surface area contributed by atoms with E-state index in [2.05, 4.69) is 19.6 Å². The molecule has 26 heavy (non-hydrogen) atoms. The minimum Gasteiger partial charge on any atom is -0.252 e. The van der Waals surface area contributed by atoms with Crippen LogP contribution in [-0.2, 0) is 63.0 Å². The zero-order valence-electron chi connectivity index (χ0n) is 16.9. The first kappa shape index (κ1) is 41.5. The Labute approximate surface area is 189 Å². The molecule has 0 rings (SSSR count). The Hall–Kier alpha value is 1.11. The molecule has 0 aliphatic carbocycles. The number of rotatable bonds is 12. The SMILES string of the molecule is CCCCOO.CCCCOO.CCCCOO.CCCCOO.[Ti+2].[Ti]. The maximum Gasteiger partial charge on any atom is 2.00 e. The summed E-state index contributed by atoms with van der Waals surface area (Å²) in [5, 5.41) is 30.8. The van der Waals surface area contributed by atoms with Crippen LogP contribution in [0.15, 0.2) is 0 Å². The van der Waals surface area contributed by atoms with E-state index < -0.39 is 0 Å². The second-order valence-corrected chi connectivity index (χ2v) is 4.75. The molecule has 8 nitrogen and oxygen atoms in total. The van der Waals surface area contributed by atoms with E-state index in [1.807, 2.05) is 27.7 Å². The number of hydrogen-bond donors (Lipinski definition) is 4. The van der Waals surface area contributed by atoms with E-state index in [0.717, 1.165) is 51.4 Å². The van der Waals surface area contributed by atoms with E-state index in [4.69, 9.17) is 21.0 Å². The van der Waals surface area contributed by atoms with Gasteiger partial charge >= 0.3 is 21.7 Å². The monoisotopic (exact) mass is 456 g/mol. The van der Waals surface area contributed by atoms with Crippen molar-refractivity contribution in [2.24, 2.45) is 0 Å². The van der Waals surface area contributed by atoms with Crippen molar-refractivity contribution in [2.75, 3.05) is 26.4 Å². The average molecular weight is 456 g/mol. The molecule has 4 N–H and O–H groups in total. The third kappa shape index (κ3) is 84.9. The molecule has 0 saturated heterocycles. The quantitative estimate of drug-likeness (QED) is 0.139. The van der Waals surface area contributed by atoms with Crippen LogP contribution in [0.5, 0.6) is 0 Å². The zero-order chi connectivity index (χ0) is 19.3. The molecular weight excluding hydrogens is 416 g/mol. The molecule has 0 atom stereocenters. The molecule has 0 bridgehead atoms. The summed E-state index contributed by atoms with van der Waals surface area (Å²) >= 11 is 0. The fraction of sp³-hybridized carbons (Fsp3) is 1.00. The van der Waals surface area contributed by atoms with E-state index in [-0.39, 0.29) is 43.4 Å². The second kappa shape index (κ2) is 56.2. The Balaban J connectivity index is -0.0000000500. The third-order valence-electron chi connectivity index (χ3n) is 2.36. The largest absolute Gasteiger partial charge is 2.00 e. The van der Waals surface area contributed by atoms with Gasteiger partial charge in [0.05, 0.1) is 26.4 Å². The minimum atomic E-state index is 0. The van der Waals surface area contributed by atoms with Crippen molar-refractivity contribution in [3.8, 4) is 0 Å². The summed E-state index contributed by atoms with van der Waals surface area (Å²) in [6, 6.07) is 0. The first-order valence-corrected chi connectivity index (χ1v) is 8.71.